The Labute approximate surface area is 146 Å². The average Bonchev–Trinajstić information content (AvgIpc) is 3.11. The highest BCUT2D eigenvalue weighted by molar-refractivity contribution is 7.30. The highest BCUT2D eigenvalue weighted by Gasteiger charge is 2.10. The molecular formula is C15H13ClN4OS2. The Morgan fingerprint density at radius 2 is 1.87 bits per heavy atom. The number of morpholine rings is 1. The monoisotopic (exact) mass is 364 g/mol. The van der Waals surface area contributed by atoms with Gasteiger partial charge in [0, 0.05) is 18.8 Å². The summed E-state index contributed by atoms with van der Waals surface area (Å²) in [6.07, 6.45) is 0. The fraction of sp³-hybridized carbons (Fsp3) is 0.267. The van der Waals surface area contributed by atoms with Crippen LogP contribution in [0.1, 0.15) is 0 Å². The molecule has 1 saturated heterocycles. The molecule has 1 aliphatic heterocycles. The Morgan fingerprint density at radius 3 is 2.61 bits per heavy atom. The molecule has 118 valence electrons. The standard InChI is InChI=1S/C15H13ClN4OS2/c16-15-17-14-12(22-15)9-13(23-14)19-18-10-1-3-11(4-2-10)20-5-7-21-8-6-20/h1-4,9H,5-8H2. The summed E-state index contributed by atoms with van der Waals surface area (Å²) in [5.41, 5.74) is 2.03. The molecule has 0 N–H and O–H groups in total. The van der Waals surface area contributed by atoms with Crippen molar-refractivity contribution in [1.29, 1.82) is 0 Å². The Balaban J connectivity index is 1.48. The van der Waals surface area contributed by atoms with E-state index in [0.29, 0.717) is 4.47 Å². The molecule has 0 unspecified atom stereocenters. The molecule has 0 amide bonds. The highest BCUT2D eigenvalue weighted by Crippen LogP contribution is 2.37. The minimum atomic E-state index is 0.563. The van der Waals surface area contributed by atoms with E-state index in [1.165, 1.54) is 28.4 Å². The molecule has 1 aromatic carbocycles. The maximum atomic E-state index is 5.88. The van der Waals surface area contributed by atoms with Crippen LogP contribution in [-0.4, -0.2) is 31.3 Å². The summed E-state index contributed by atoms with van der Waals surface area (Å²) in [6.45, 7) is 3.44. The first-order valence-electron chi connectivity index (χ1n) is 7.18. The van der Waals surface area contributed by atoms with E-state index in [2.05, 4.69) is 32.2 Å². The zero-order valence-corrected chi connectivity index (χ0v) is 14.5. The van der Waals surface area contributed by atoms with Crippen LogP contribution < -0.4 is 4.90 Å². The number of benzene rings is 1. The van der Waals surface area contributed by atoms with Gasteiger partial charge in [-0.25, -0.2) is 4.98 Å². The van der Waals surface area contributed by atoms with Crippen LogP contribution in [0.25, 0.3) is 9.53 Å². The predicted molar refractivity (Wildman–Crippen MR) is 96.2 cm³/mol. The largest absolute Gasteiger partial charge is 0.378 e. The van der Waals surface area contributed by atoms with Crippen molar-refractivity contribution in [2.45, 2.75) is 0 Å². The number of thiophene rings is 1. The molecule has 0 spiro atoms. The van der Waals surface area contributed by atoms with Gasteiger partial charge in [-0.2, -0.15) is 0 Å². The molecule has 0 atom stereocenters. The normalized spacial score (nSPS) is 15.8. The summed E-state index contributed by atoms with van der Waals surface area (Å²) in [6, 6.07) is 10.1. The van der Waals surface area contributed by atoms with Crippen molar-refractivity contribution in [3.63, 3.8) is 0 Å². The van der Waals surface area contributed by atoms with Crippen LogP contribution in [0.3, 0.4) is 0 Å². The number of azo groups is 1. The third-order valence-electron chi connectivity index (χ3n) is 3.54. The van der Waals surface area contributed by atoms with Gasteiger partial charge in [0.15, 0.2) is 4.47 Å². The van der Waals surface area contributed by atoms with E-state index in [1.54, 1.807) is 0 Å². The number of fused-ring (bicyclic) bond motifs is 1. The topological polar surface area (TPSA) is 50.1 Å². The van der Waals surface area contributed by atoms with Crippen molar-refractivity contribution >= 4 is 60.2 Å². The number of hydrogen-bond donors (Lipinski definition) is 0. The summed E-state index contributed by atoms with van der Waals surface area (Å²) >= 11 is 8.83. The van der Waals surface area contributed by atoms with Gasteiger partial charge in [-0.3, -0.25) is 0 Å². The van der Waals surface area contributed by atoms with Crippen LogP contribution in [0.15, 0.2) is 40.6 Å². The molecule has 0 radical (unpaired) electrons. The molecule has 1 aliphatic rings. The molecule has 3 aromatic rings. The molecule has 5 nitrogen and oxygen atoms in total. The maximum Gasteiger partial charge on any atom is 0.185 e. The minimum Gasteiger partial charge on any atom is -0.378 e. The summed E-state index contributed by atoms with van der Waals surface area (Å²) in [7, 11) is 0. The van der Waals surface area contributed by atoms with Crippen LogP contribution >= 0.6 is 34.3 Å². The lowest BCUT2D eigenvalue weighted by Crippen LogP contribution is -2.36. The van der Waals surface area contributed by atoms with E-state index >= 15 is 0 Å². The van der Waals surface area contributed by atoms with E-state index in [4.69, 9.17) is 16.3 Å². The first-order chi connectivity index (χ1) is 11.3. The zero-order valence-electron chi connectivity index (χ0n) is 12.1. The Morgan fingerprint density at radius 1 is 1.09 bits per heavy atom. The summed E-state index contributed by atoms with van der Waals surface area (Å²) < 4.78 is 6.99. The van der Waals surface area contributed by atoms with E-state index in [0.717, 1.165) is 46.5 Å². The quantitative estimate of drug-likeness (QED) is 0.595. The molecule has 8 heteroatoms. The van der Waals surface area contributed by atoms with Gasteiger partial charge in [0.05, 0.1) is 23.6 Å². The molecule has 0 aliphatic carbocycles. The summed E-state index contributed by atoms with van der Waals surface area (Å²) in [5, 5.41) is 9.43. The SMILES string of the molecule is Clc1nc2sc(N=Nc3ccc(N4CCOCC4)cc3)cc2s1. The molecule has 1 fully saturated rings. The second-order valence-corrected chi connectivity index (χ2v) is 7.66. The molecule has 3 heterocycles. The van der Waals surface area contributed by atoms with Gasteiger partial charge in [0.1, 0.15) is 9.83 Å². The van der Waals surface area contributed by atoms with E-state index in [9.17, 15) is 0 Å². The van der Waals surface area contributed by atoms with Crippen molar-refractivity contribution < 1.29 is 4.74 Å². The zero-order chi connectivity index (χ0) is 15.6. The fourth-order valence-corrected chi connectivity index (χ4v) is 4.55. The molecule has 0 bridgehead atoms. The third-order valence-corrected chi connectivity index (χ3v) is 5.69. The lowest BCUT2D eigenvalue weighted by molar-refractivity contribution is 0.122. The highest BCUT2D eigenvalue weighted by atomic mass is 35.5. The number of anilines is 1. The van der Waals surface area contributed by atoms with Crippen LogP contribution in [0.2, 0.25) is 4.47 Å². The van der Waals surface area contributed by atoms with Gasteiger partial charge in [0.25, 0.3) is 0 Å². The number of aromatic nitrogens is 1. The second-order valence-electron chi connectivity index (χ2n) is 5.04. The van der Waals surface area contributed by atoms with Gasteiger partial charge in [-0.1, -0.05) is 22.9 Å². The number of halogens is 1. The van der Waals surface area contributed by atoms with E-state index < -0.39 is 0 Å². The smallest absolute Gasteiger partial charge is 0.185 e. The van der Waals surface area contributed by atoms with E-state index in [-0.39, 0.29) is 0 Å². The van der Waals surface area contributed by atoms with Gasteiger partial charge in [-0.15, -0.1) is 21.6 Å². The van der Waals surface area contributed by atoms with Crippen molar-refractivity contribution in [3.8, 4) is 0 Å². The van der Waals surface area contributed by atoms with E-state index in [1.807, 2.05) is 18.2 Å². The van der Waals surface area contributed by atoms with Gasteiger partial charge >= 0.3 is 0 Å². The lowest BCUT2D eigenvalue weighted by atomic mass is 10.2. The fourth-order valence-electron chi connectivity index (χ4n) is 2.41. The average molecular weight is 365 g/mol. The van der Waals surface area contributed by atoms with Crippen LogP contribution in [0.5, 0.6) is 0 Å². The molecule has 0 saturated carbocycles. The number of nitrogens with zero attached hydrogens (tertiary/aromatic N) is 4. The van der Waals surface area contributed by atoms with Crippen LogP contribution in [-0.2, 0) is 4.74 Å². The minimum absolute atomic E-state index is 0.563. The Hall–Kier alpha value is -1.54. The summed E-state index contributed by atoms with van der Waals surface area (Å²) in [5.74, 6) is 0. The van der Waals surface area contributed by atoms with Crippen molar-refractivity contribution in [2.75, 3.05) is 31.2 Å². The number of hydrogen-bond acceptors (Lipinski definition) is 7. The van der Waals surface area contributed by atoms with Crippen molar-refractivity contribution in [3.05, 3.63) is 34.8 Å². The number of ether oxygens (including phenoxy) is 1. The van der Waals surface area contributed by atoms with Crippen molar-refractivity contribution in [2.24, 2.45) is 10.2 Å². The van der Waals surface area contributed by atoms with Gasteiger partial charge in [-0.05, 0) is 30.3 Å². The van der Waals surface area contributed by atoms with Gasteiger partial charge in [0.2, 0.25) is 0 Å². The Kier molecular flexibility index (Phi) is 4.26. The second kappa shape index (κ2) is 6.52. The van der Waals surface area contributed by atoms with Crippen LogP contribution in [0, 0.1) is 0 Å². The van der Waals surface area contributed by atoms with Crippen molar-refractivity contribution in [1.82, 2.24) is 4.98 Å². The molecule has 4 rings (SSSR count). The molecular weight excluding hydrogens is 352 g/mol. The molecule has 23 heavy (non-hydrogen) atoms. The Bertz CT molecular complexity index is 805. The van der Waals surface area contributed by atoms with Crippen LogP contribution in [0.4, 0.5) is 16.4 Å². The first kappa shape index (κ1) is 15.0. The molecule has 2 aromatic heterocycles. The maximum absolute atomic E-state index is 5.88. The van der Waals surface area contributed by atoms with Gasteiger partial charge < -0.3 is 9.64 Å². The number of thiazole rings is 1. The third kappa shape index (κ3) is 3.37. The lowest BCUT2D eigenvalue weighted by Gasteiger charge is -2.28. The predicted octanol–water partition coefficient (Wildman–Crippen LogP) is 5.26. The first-order valence-corrected chi connectivity index (χ1v) is 9.19. The summed E-state index contributed by atoms with van der Waals surface area (Å²) in [4.78, 5) is 7.46. The number of rotatable bonds is 3.